The molecule has 0 N–H and O–H groups in total. The van der Waals surface area contributed by atoms with Crippen molar-refractivity contribution in [2.24, 2.45) is 0 Å². The molecule has 7 aromatic carbocycles. The van der Waals surface area contributed by atoms with Crippen molar-refractivity contribution >= 4 is 87.7 Å². The molecule has 0 aliphatic heterocycles. The SMILES string of the molecule is c1ccc(-c2nc(-c3ccccc3)nc(-c3cccc(-c4c(-n5c6ccccc6c6ncccc65)c(-n5c6ccccc6c6ncccc65)nc(-n5c6ccccc6c6ncccc65)c4-n4c5ccccc5c5ncccc54)c3)n2)cc1. The van der Waals surface area contributed by atoms with Crippen molar-refractivity contribution in [1.29, 1.82) is 0 Å². The molecule has 10 aromatic heterocycles. The van der Waals surface area contributed by atoms with Gasteiger partial charge in [0.05, 0.1) is 66.2 Å². The molecule has 0 amide bonds. The second-order valence-electron chi connectivity index (χ2n) is 20.3. The Morgan fingerprint density at radius 3 is 0.939 bits per heavy atom. The van der Waals surface area contributed by atoms with Crippen molar-refractivity contribution in [2.45, 2.75) is 0 Å². The predicted molar refractivity (Wildman–Crippen MR) is 328 cm³/mol. The molecular formula is C70H42N12. The van der Waals surface area contributed by atoms with Crippen LogP contribution in [0.25, 0.3) is 156 Å². The zero-order valence-electron chi connectivity index (χ0n) is 43.6. The number of hydrogen-bond donors (Lipinski definition) is 0. The molecule has 0 spiro atoms. The van der Waals surface area contributed by atoms with Gasteiger partial charge in [0, 0.05) is 68.6 Å². The van der Waals surface area contributed by atoms with Crippen LogP contribution in [0.2, 0.25) is 0 Å². The molecule has 17 rings (SSSR count). The molecule has 0 aliphatic carbocycles. The van der Waals surface area contributed by atoms with Crippen LogP contribution in [0.5, 0.6) is 0 Å². The lowest BCUT2D eigenvalue weighted by Crippen LogP contribution is -2.16. The quantitative estimate of drug-likeness (QED) is 0.147. The lowest BCUT2D eigenvalue weighted by molar-refractivity contribution is 0.960. The summed E-state index contributed by atoms with van der Waals surface area (Å²) < 4.78 is 9.34. The summed E-state index contributed by atoms with van der Waals surface area (Å²) in [7, 11) is 0. The van der Waals surface area contributed by atoms with E-state index in [-0.39, 0.29) is 0 Å². The van der Waals surface area contributed by atoms with Crippen molar-refractivity contribution < 1.29 is 0 Å². The topological polar surface area (TPSA) is 123 Å². The number of para-hydroxylation sites is 4. The maximum absolute atomic E-state index is 6.31. The van der Waals surface area contributed by atoms with Crippen molar-refractivity contribution in [1.82, 2.24) is 58.1 Å². The molecule has 0 unspecified atom stereocenters. The van der Waals surface area contributed by atoms with Gasteiger partial charge in [0.1, 0.15) is 11.4 Å². The van der Waals surface area contributed by atoms with Gasteiger partial charge < -0.3 is 9.13 Å². The zero-order chi connectivity index (χ0) is 53.8. The summed E-state index contributed by atoms with van der Waals surface area (Å²) in [5.41, 5.74) is 16.8. The van der Waals surface area contributed by atoms with Gasteiger partial charge >= 0.3 is 0 Å². The average molecular weight is 1050 g/mol. The van der Waals surface area contributed by atoms with Crippen molar-refractivity contribution in [3.05, 3.63) is 255 Å². The maximum Gasteiger partial charge on any atom is 0.165 e. The lowest BCUT2D eigenvalue weighted by Gasteiger charge is -2.26. The molecule has 0 fully saturated rings. The first kappa shape index (κ1) is 45.5. The van der Waals surface area contributed by atoms with Gasteiger partial charge in [-0.05, 0) is 84.4 Å². The van der Waals surface area contributed by atoms with Crippen LogP contribution in [0.15, 0.2) is 255 Å². The third-order valence-electron chi connectivity index (χ3n) is 15.8. The standard InChI is InChI=1S/C70H42N12/c1-3-20-43(21-4-1)66-75-67(44-22-5-2-6-23-44)77-68(76-66)46-25-15-24-45(42-46)59-64(79-51-30-11-7-26-47(51)60-55(79)34-16-38-71-60)69(81-53-32-13-9-28-49(53)62-57(81)36-18-40-73-62)78-70(82-54-33-14-10-29-50(54)63-58(82)37-19-41-74-63)65(59)80-52-31-12-8-27-48(52)61-56(80)35-17-39-72-61/h1-42H. The van der Waals surface area contributed by atoms with E-state index in [1.807, 2.05) is 110 Å². The van der Waals surface area contributed by atoms with Crippen LogP contribution in [-0.4, -0.2) is 58.1 Å². The fraction of sp³-hybridized carbons (Fsp3) is 0. The van der Waals surface area contributed by atoms with Gasteiger partial charge in [-0.2, -0.15) is 0 Å². The van der Waals surface area contributed by atoms with Crippen LogP contribution < -0.4 is 0 Å². The Morgan fingerprint density at radius 1 is 0.232 bits per heavy atom. The smallest absolute Gasteiger partial charge is 0.165 e. The molecule has 0 saturated carbocycles. The first-order valence-corrected chi connectivity index (χ1v) is 27.2. The minimum atomic E-state index is 0.524. The zero-order valence-corrected chi connectivity index (χ0v) is 43.6. The van der Waals surface area contributed by atoms with Gasteiger partial charge in [-0.25, -0.2) is 19.9 Å². The van der Waals surface area contributed by atoms with Gasteiger partial charge in [-0.1, -0.05) is 152 Å². The first-order valence-electron chi connectivity index (χ1n) is 27.2. The first-order chi connectivity index (χ1) is 40.7. The number of rotatable bonds is 8. The van der Waals surface area contributed by atoms with Crippen LogP contribution in [0.3, 0.4) is 0 Å². The van der Waals surface area contributed by atoms with Crippen LogP contribution in [0.1, 0.15) is 0 Å². The highest BCUT2D eigenvalue weighted by molar-refractivity contribution is 6.14. The predicted octanol–water partition coefficient (Wildman–Crippen LogP) is 15.9. The summed E-state index contributed by atoms with van der Waals surface area (Å²) in [6, 6.07) is 79.6. The summed E-state index contributed by atoms with van der Waals surface area (Å²) in [4.78, 5) is 42.5. The van der Waals surface area contributed by atoms with E-state index in [1.54, 1.807) is 0 Å². The van der Waals surface area contributed by atoms with Crippen LogP contribution in [0, 0.1) is 0 Å². The van der Waals surface area contributed by atoms with Gasteiger partial charge in [-0.3, -0.25) is 29.1 Å². The molecule has 17 aromatic rings. The maximum atomic E-state index is 6.31. The molecule has 10 heterocycles. The highest BCUT2D eigenvalue weighted by Crippen LogP contribution is 2.49. The Labute approximate surface area is 467 Å². The third-order valence-corrected chi connectivity index (χ3v) is 15.8. The highest BCUT2D eigenvalue weighted by atomic mass is 15.2. The van der Waals surface area contributed by atoms with E-state index in [0.29, 0.717) is 29.1 Å². The Balaban J connectivity index is 1.13. The van der Waals surface area contributed by atoms with E-state index in [1.165, 1.54) is 0 Å². The molecule has 0 atom stereocenters. The summed E-state index contributed by atoms with van der Waals surface area (Å²) in [5, 5.41) is 3.99. The van der Waals surface area contributed by atoms with E-state index in [2.05, 4.69) is 164 Å². The van der Waals surface area contributed by atoms with E-state index < -0.39 is 0 Å². The summed E-state index contributed by atoms with van der Waals surface area (Å²) >= 11 is 0. The van der Waals surface area contributed by atoms with Gasteiger partial charge in [-0.15, -0.1) is 0 Å². The molecule has 12 nitrogen and oxygen atoms in total. The highest BCUT2D eigenvalue weighted by Gasteiger charge is 2.33. The number of fused-ring (bicyclic) bond motifs is 12. The van der Waals surface area contributed by atoms with E-state index in [0.717, 1.165) is 127 Å². The van der Waals surface area contributed by atoms with Crippen LogP contribution in [-0.2, 0) is 0 Å². The molecule has 382 valence electrons. The van der Waals surface area contributed by atoms with Gasteiger partial charge in [0.15, 0.2) is 29.1 Å². The minimum Gasteiger partial charge on any atom is -0.304 e. The lowest BCUT2D eigenvalue weighted by atomic mass is 9.98. The second-order valence-corrected chi connectivity index (χ2v) is 20.3. The van der Waals surface area contributed by atoms with E-state index >= 15 is 0 Å². The minimum absolute atomic E-state index is 0.524. The Morgan fingerprint density at radius 2 is 0.537 bits per heavy atom. The number of benzene rings is 7. The van der Waals surface area contributed by atoms with E-state index in [4.69, 9.17) is 39.9 Å². The number of nitrogens with zero attached hydrogens (tertiary/aromatic N) is 12. The molecule has 12 heteroatoms. The van der Waals surface area contributed by atoms with Crippen LogP contribution in [0.4, 0.5) is 0 Å². The van der Waals surface area contributed by atoms with Gasteiger partial charge in [0.25, 0.3) is 0 Å². The number of hydrogen-bond acceptors (Lipinski definition) is 8. The fourth-order valence-electron chi connectivity index (χ4n) is 12.4. The van der Waals surface area contributed by atoms with Gasteiger partial charge in [0.2, 0.25) is 0 Å². The Bertz CT molecular complexity index is 4900. The summed E-state index contributed by atoms with van der Waals surface area (Å²) in [6.07, 6.45) is 7.48. The largest absolute Gasteiger partial charge is 0.304 e. The second kappa shape index (κ2) is 18.0. The monoisotopic (exact) mass is 1050 g/mol. The normalized spacial score (nSPS) is 11.9. The Kier molecular flexibility index (Phi) is 10.0. The molecule has 0 saturated heterocycles. The van der Waals surface area contributed by atoms with E-state index in [9.17, 15) is 0 Å². The number of aromatic nitrogens is 12. The Hall–Kier alpha value is -11.5. The summed E-state index contributed by atoms with van der Waals surface area (Å²) in [5.74, 6) is 2.99. The molecule has 0 radical (unpaired) electrons. The van der Waals surface area contributed by atoms with Crippen molar-refractivity contribution in [2.75, 3.05) is 0 Å². The van der Waals surface area contributed by atoms with Crippen LogP contribution >= 0.6 is 0 Å². The summed E-state index contributed by atoms with van der Waals surface area (Å²) in [6.45, 7) is 0. The molecule has 0 aliphatic rings. The fourth-order valence-corrected chi connectivity index (χ4v) is 12.4. The van der Waals surface area contributed by atoms with Crippen molar-refractivity contribution in [3.8, 4) is 68.3 Å². The molecular weight excluding hydrogens is 1010 g/mol. The third kappa shape index (κ3) is 6.78. The number of pyridine rings is 5. The molecule has 82 heavy (non-hydrogen) atoms. The average Bonchev–Trinajstić information content (AvgIpc) is 4.09. The van der Waals surface area contributed by atoms with Crippen molar-refractivity contribution in [3.63, 3.8) is 0 Å². The molecule has 0 bridgehead atoms.